The van der Waals surface area contributed by atoms with Crippen molar-refractivity contribution in [1.29, 1.82) is 0 Å². The summed E-state index contributed by atoms with van der Waals surface area (Å²) in [7, 11) is 1.80. The number of para-hydroxylation sites is 1. The van der Waals surface area contributed by atoms with Crippen LogP contribution in [0.3, 0.4) is 0 Å². The minimum absolute atomic E-state index is 0.414. The minimum Gasteiger partial charge on any atom is -0.469 e. The van der Waals surface area contributed by atoms with Gasteiger partial charge in [0.1, 0.15) is 5.76 Å². The molecule has 3 rings (SSSR count). The van der Waals surface area contributed by atoms with Crippen LogP contribution in [-0.2, 0) is 12.8 Å². The van der Waals surface area contributed by atoms with Crippen molar-refractivity contribution in [3.63, 3.8) is 0 Å². The molecule has 0 radical (unpaired) electrons. The number of nitrogens with one attached hydrogen (secondary N) is 2. The zero-order valence-electron chi connectivity index (χ0n) is 14.5. The number of guanidine groups is 1. The molecular weight excluding hydrogens is 300 g/mol. The highest BCUT2D eigenvalue weighted by atomic mass is 16.3. The van der Waals surface area contributed by atoms with E-state index in [1.807, 2.05) is 12.1 Å². The maximum absolute atomic E-state index is 5.34. The fraction of sp³-hybridized carbons (Fsp3) is 0.421. The molecule has 1 aliphatic heterocycles. The van der Waals surface area contributed by atoms with E-state index in [-0.39, 0.29) is 0 Å². The van der Waals surface area contributed by atoms with Gasteiger partial charge in [-0.2, -0.15) is 0 Å². The molecule has 5 heteroatoms. The second-order valence-corrected chi connectivity index (χ2v) is 6.13. The quantitative estimate of drug-likeness (QED) is 0.632. The maximum Gasteiger partial charge on any atom is 0.191 e. The molecule has 0 aliphatic carbocycles. The first-order valence-corrected chi connectivity index (χ1v) is 8.59. The van der Waals surface area contributed by atoms with E-state index in [1.165, 1.54) is 11.3 Å². The normalized spacial score (nSPS) is 15.2. The van der Waals surface area contributed by atoms with E-state index in [0.29, 0.717) is 6.04 Å². The lowest BCUT2D eigenvalue weighted by Crippen LogP contribution is -2.46. The summed E-state index contributed by atoms with van der Waals surface area (Å²) in [5.74, 6) is 1.82. The van der Waals surface area contributed by atoms with Crippen molar-refractivity contribution in [3.05, 3.63) is 54.0 Å². The first-order chi connectivity index (χ1) is 11.8. The van der Waals surface area contributed by atoms with Crippen LogP contribution in [0.5, 0.6) is 0 Å². The Morgan fingerprint density at radius 1 is 1.25 bits per heavy atom. The molecule has 0 spiro atoms. The number of furan rings is 1. The molecule has 1 aliphatic rings. The Labute approximate surface area is 143 Å². The van der Waals surface area contributed by atoms with E-state index in [4.69, 9.17) is 4.42 Å². The standard InChI is InChI=1S/C19H26N4O/c1-15(23-12-10-16-6-3-4-8-18(16)23)14-22-19(20-2)21-11-9-17-7-5-13-24-17/h3-8,13,15H,9-12,14H2,1-2H3,(H2,20,21,22). The summed E-state index contributed by atoms with van der Waals surface area (Å²) in [6.07, 6.45) is 3.69. The molecule has 0 bridgehead atoms. The number of nitrogens with zero attached hydrogens (tertiary/aromatic N) is 2. The summed E-state index contributed by atoms with van der Waals surface area (Å²) in [5, 5.41) is 6.76. The Balaban J connectivity index is 1.45. The number of benzene rings is 1. The van der Waals surface area contributed by atoms with E-state index in [0.717, 1.165) is 44.2 Å². The summed E-state index contributed by atoms with van der Waals surface area (Å²) < 4.78 is 5.34. The molecule has 1 unspecified atom stereocenters. The van der Waals surface area contributed by atoms with E-state index < -0.39 is 0 Å². The van der Waals surface area contributed by atoms with Gasteiger partial charge in [0.25, 0.3) is 0 Å². The molecule has 1 aromatic carbocycles. The van der Waals surface area contributed by atoms with Crippen LogP contribution in [0.4, 0.5) is 5.69 Å². The molecule has 2 aromatic rings. The fourth-order valence-corrected chi connectivity index (χ4v) is 3.16. The van der Waals surface area contributed by atoms with Crippen molar-refractivity contribution in [2.75, 3.05) is 31.6 Å². The van der Waals surface area contributed by atoms with Crippen LogP contribution < -0.4 is 15.5 Å². The Bertz CT molecular complexity index is 666. The van der Waals surface area contributed by atoms with Crippen molar-refractivity contribution < 1.29 is 4.42 Å². The van der Waals surface area contributed by atoms with E-state index in [2.05, 4.69) is 51.7 Å². The van der Waals surface area contributed by atoms with Gasteiger partial charge >= 0.3 is 0 Å². The van der Waals surface area contributed by atoms with E-state index in [9.17, 15) is 0 Å². The van der Waals surface area contributed by atoms with Crippen molar-refractivity contribution in [3.8, 4) is 0 Å². The Morgan fingerprint density at radius 2 is 2.12 bits per heavy atom. The van der Waals surface area contributed by atoms with Gasteiger partial charge in [0.05, 0.1) is 6.26 Å². The molecule has 0 saturated heterocycles. The lowest BCUT2D eigenvalue weighted by Gasteiger charge is -2.28. The first-order valence-electron chi connectivity index (χ1n) is 8.59. The predicted octanol–water partition coefficient (Wildman–Crippen LogP) is 2.44. The average molecular weight is 326 g/mol. The zero-order valence-corrected chi connectivity index (χ0v) is 14.5. The molecule has 1 atom stereocenters. The fourth-order valence-electron chi connectivity index (χ4n) is 3.16. The number of rotatable bonds is 6. The van der Waals surface area contributed by atoms with E-state index in [1.54, 1.807) is 13.3 Å². The number of hydrogen-bond acceptors (Lipinski definition) is 3. The Kier molecular flexibility index (Phi) is 5.41. The molecule has 5 nitrogen and oxygen atoms in total. The summed E-state index contributed by atoms with van der Waals surface area (Å²) in [6, 6.07) is 13.0. The van der Waals surface area contributed by atoms with Crippen molar-refractivity contribution in [2.24, 2.45) is 4.99 Å². The van der Waals surface area contributed by atoms with Gasteiger partial charge < -0.3 is 20.0 Å². The maximum atomic E-state index is 5.34. The van der Waals surface area contributed by atoms with Gasteiger partial charge in [-0.3, -0.25) is 4.99 Å². The number of hydrogen-bond donors (Lipinski definition) is 2. The third kappa shape index (κ3) is 3.91. The molecule has 0 saturated carbocycles. The van der Waals surface area contributed by atoms with Gasteiger partial charge in [-0.25, -0.2) is 0 Å². The summed E-state index contributed by atoms with van der Waals surface area (Å²) in [4.78, 5) is 6.77. The third-order valence-corrected chi connectivity index (χ3v) is 4.49. The zero-order chi connectivity index (χ0) is 16.8. The highest BCUT2D eigenvalue weighted by Gasteiger charge is 2.22. The molecule has 128 valence electrons. The summed E-state index contributed by atoms with van der Waals surface area (Å²) >= 11 is 0. The highest BCUT2D eigenvalue weighted by molar-refractivity contribution is 5.79. The highest BCUT2D eigenvalue weighted by Crippen LogP contribution is 2.28. The van der Waals surface area contributed by atoms with Crippen LogP contribution in [0, 0.1) is 0 Å². The van der Waals surface area contributed by atoms with Crippen LogP contribution in [0.2, 0.25) is 0 Å². The summed E-state index contributed by atoms with van der Waals surface area (Å²) in [6.45, 7) is 5.00. The van der Waals surface area contributed by atoms with Crippen LogP contribution in [0.1, 0.15) is 18.2 Å². The largest absolute Gasteiger partial charge is 0.469 e. The first kappa shape index (κ1) is 16.4. The van der Waals surface area contributed by atoms with Gasteiger partial charge in [-0.15, -0.1) is 0 Å². The second-order valence-electron chi connectivity index (χ2n) is 6.13. The molecule has 0 amide bonds. The Morgan fingerprint density at radius 3 is 2.92 bits per heavy atom. The van der Waals surface area contributed by atoms with Gasteiger partial charge in [0.2, 0.25) is 0 Å². The SMILES string of the molecule is CN=C(NCCc1ccco1)NCC(C)N1CCc2ccccc21. The topological polar surface area (TPSA) is 52.8 Å². The number of aliphatic imine (C=N–C) groups is 1. The van der Waals surface area contributed by atoms with Gasteiger partial charge in [0.15, 0.2) is 5.96 Å². The van der Waals surface area contributed by atoms with Crippen LogP contribution in [0.15, 0.2) is 52.1 Å². The Hall–Kier alpha value is -2.43. The molecular formula is C19H26N4O. The molecule has 24 heavy (non-hydrogen) atoms. The van der Waals surface area contributed by atoms with Crippen molar-refractivity contribution in [1.82, 2.24) is 10.6 Å². The van der Waals surface area contributed by atoms with Gasteiger partial charge in [-0.1, -0.05) is 18.2 Å². The lowest BCUT2D eigenvalue weighted by molar-refractivity contribution is 0.506. The molecule has 1 aromatic heterocycles. The average Bonchev–Trinajstić information content (AvgIpc) is 3.27. The molecule has 2 N–H and O–H groups in total. The van der Waals surface area contributed by atoms with Gasteiger partial charge in [-0.05, 0) is 37.1 Å². The molecule has 2 heterocycles. The monoisotopic (exact) mass is 326 g/mol. The van der Waals surface area contributed by atoms with Crippen LogP contribution in [-0.4, -0.2) is 38.7 Å². The summed E-state index contributed by atoms with van der Waals surface area (Å²) in [5.41, 5.74) is 2.82. The molecule has 0 fully saturated rings. The second kappa shape index (κ2) is 7.90. The smallest absolute Gasteiger partial charge is 0.191 e. The van der Waals surface area contributed by atoms with Crippen LogP contribution in [0.25, 0.3) is 0 Å². The predicted molar refractivity (Wildman–Crippen MR) is 98.7 cm³/mol. The van der Waals surface area contributed by atoms with Crippen molar-refractivity contribution >= 4 is 11.6 Å². The van der Waals surface area contributed by atoms with Gasteiger partial charge in [0, 0.05) is 44.8 Å². The number of anilines is 1. The number of fused-ring (bicyclic) bond motifs is 1. The third-order valence-electron chi connectivity index (χ3n) is 4.49. The lowest BCUT2D eigenvalue weighted by atomic mass is 10.2. The van der Waals surface area contributed by atoms with E-state index >= 15 is 0 Å². The minimum atomic E-state index is 0.414. The van der Waals surface area contributed by atoms with Crippen LogP contribution >= 0.6 is 0 Å². The van der Waals surface area contributed by atoms with Crippen molar-refractivity contribution in [2.45, 2.75) is 25.8 Å².